The molecule has 0 aromatic heterocycles. The van der Waals surface area contributed by atoms with E-state index >= 15 is 0 Å². The number of benzene rings is 1. The number of carbonyl (C=O) groups is 1. The lowest BCUT2D eigenvalue weighted by Crippen LogP contribution is -2.40. The van der Waals surface area contributed by atoms with Crippen LogP contribution in [-0.2, 0) is 4.79 Å². The highest BCUT2D eigenvalue weighted by molar-refractivity contribution is 6.33. The summed E-state index contributed by atoms with van der Waals surface area (Å²) in [6, 6.07) is 3.88. The van der Waals surface area contributed by atoms with E-state index in [9.17, 15) is 9.18 Å². The fraction of sp³-hybridized carbons (Fsp3) is 0.462. The molecule has 1 fully saturated rings. The summed E-state index contributed by atoms with van der Waals surface area (Å²) in [5, 5.41) is 2.87. The fourth-order valence-electron chi connectivity index (χ4n) is 2.36. The summed E-state index contributed by atoms with van der Waals surface area (Å²) in [5.74, 6) is -0.600. The third-order valence-corrected chi connectivity index (χ3v) is 3.63. The van der Waals surface area contributed by atoms with Gasteiger partial charge >= 0.3 is 0 Å². The van der Waals surface area contributed by atoms with Crippen LogP contribution in [0.2, 0.25) is 5.02 Å². The van der Waals surface area contributed by atoms with E-state index in [1.54, 1.807) is 0 Å². The SMILES string of the molecule is NC1(CC(=O)Nc2ccc(F)cc2Cl)CCCC1. The largest absolute Gasteiger partial charge is 0.325 e. The van der Waals surface area contributed by atoms with E-state index in [1.807, 2.05) is 0 Å². The fourth-order valence-corrected chi connectivity index (χ4v) is 2.58. The predicted molar refractivity (Wildman–Crippen MR) is 70.0 cm³/mol. The van der Waals surface area contributed by atoms with E-state index in [0.717, 1.165) is 25.7 Å². The molecule has 1 saturated carbocycles. The highest BCUT2D eigenvalue weighted by Gasteiger charge is 2.31. The van der Waals surface area contributed by atoms with Gasteiger partial charge in [-0.3, -0.25) is 4.79 Å². The highest BCUT2D eigenvalue weighted by Crippen LogP contribution is 2.31. The van der Waals surface area contributed by atoms with Gasteiger partial charge in [0, 0.05) is 12.0 Å². The van der Waals surface area contributed by atoms with Gasteiger partial charge in [0.1, 0.15) is 5.82 Å². The van der Waals surface area contributed by atoms with E-state index in [-0.39, 0.29) is 17.4 Å². The maximum Gasteiger partial charge on any atom is 0.226 e. The number of anilines is 1. The number of nitrogens with two attached hydrogens (primary N) is 1. The van der Waals surface area contributed by atoms with E-state index in [0.29, 0.717) is 5.69 Å². The highest BCUT2D eigenvalue weighted by atomic mass is 35.5. The molecule has 1 aromatic carbocycles. The van der Waals surface area contributed by atoms with Crippen molar-refractivity contribution in [3.63, 3.8) is 0 Å². The Morgan fingerprint density at radius 1 is 1.44 bits per heavy atom. The Kier molecular flexibility index (Phi) is 3.88. The minimum atomic E-state index is -0.427. The van der Waals surface area contributed by atoms with Gasteiger partial charge in [0.2, 0.25) is 5.91 Å². The molecule has 1 amide bonds. The van der Waals surface area contributed by atoms with Gasteiger partial charge in [-0.15, -0.1) is 0 Å². The Morgan fingerprint density at radius 3 is 2.72 bits per heavy atom. The Bertz CT molecular complexity index is 458. The number of rotatable bonds is 3. The average Bonchev–Trinajstić information content (AvgIpc) is 2.69. The van der Waals surface area contributed by atoms with Gasteiger partial charge < -0.3 is 11.1 Å². The van der Waals surface area contributed by atoms with Crippen LogP contribution in [0.25, 0.3) is 0 Å². The predicted octanol–water partition coefficient (Wildman–Crippen LogP) is 3.08. The van der Waals surface area contributed by atoms with Crippen molar-refractivity contribution in [3.8, 4) is 0 Å². The van der Waals surface area contributed by atoms with Crippen LogP contribution in [-0.4, -0.2) is 11.4 Å². The number of hydrogen-bond donors (Lipinski definition) is 2. The molecule has 5 heteroatoms. The first kappa shape index (κ1) is 13.3. The van der Waals surface area contributed by atoms with E-state index < -0.39 is 11.4 Å². The molecule has 0 unspecified atom stereocenters. The van der Waals surface area contributed by atoms with Gasteiger partial charge in [0.25, 0.3) is 0 Å². The van der Waals surface area contributed by atoms with Crippen molar-refractivity contribution in [3.05, 3.63) is 29.0 Å². The topological polar surface area (TPSA) is 55.1 Å². The summed E-state index contributed by atoms with van der Waals surface area (Å²) in [6.07, 6.45) is 4.16. The van der Waals surface area contributed by atoms with Crippen LogP contribution in [0.4, 0.5) is 10.1 Å². The van der Waals surface area contributed by atoms with Crippen molar-refractivity contribution >= 4 is 23.2 Å². The number of halogens is 2. The van der Waals surface area contributed by atoms with Gasteiger partial charge in [-0.2, -0.15) is 0 Å². The van der Waals surface area contributed by atoms with Crippen LogP contribution in [0.1, 0.15) is 32.1 Å². The standard InChI is InChI=1S/C13H16ClFN2O/c14-10-7-9(15)3-4-11(10)17-12(18)8-13(16)5-1-2-6-13/h3-4,7H,1-2,5-6,8,16H2,(H,17,18). The molecule has 3 N–H and O–H groups in total. The molecule has 0 heterocycles. The summed E-state index contributed by atoms with van der Waals surface area (Å²) in [6.45, 7) is 0. The number of amides is 1. The zero-order valence-corrected chi connectivity index (χ0v) is 10.8. The number of nitrogens with one attached hydrogen (secondary N) is 1. The zero-order chi connectivity index (χ0) is 13.2. The van der Waals surface area contributed by atoms with Gasteiger partial charge in [-0.05, 0) is 31.0 Å². The Balaban J connectivity index is 1.98. The normalized spacial score (nSPS) is 17.7. The molecule has 1 aromatic rings. The Morgan fingerprint density at radius 2 is 2.11 bits per heavy atom. The first-order valence-corrected chi connectivity index (χ1v) is 6.40. The number of hydrogen-bond acceptors (Lipinski definition) is 2. The molecule has 18 heavy (non-hydrogen) atoms. The summed E-state index contributed by atoms with van der Waals surface area (Å²) in [7, 11) is 0. The van der Waals surface area contributed by atoms with Crippen molar-refractivity contribution in [2.24, 2.45) is 5.73 Å². The van der Waals surface area contributed by atoms with E-state index in [4.69, 9.17) is 17.3 Å². The second-order valence-electron chi connectivity index (χ2n) is 4.92. The lowest BCUT2D eigenvalue weighted by molar-refractivity contribution is -0.117. The molecule has 3 nitrogen and oxygen atoms in total. The Hall–Kier alpha value is -1.13. The minimum Gasteiger partial charge on any atom is -0.325 e. The van der Waals surface area contributed by atoms with Crippen LogP contribution in [0.15, 0.2) is 18.2 Å². The number of carbonyl (C=O) groups excluding carboxylic acids is 1. The molecule has 0 saturated heterocycles. The van der Waals surface area contributed by atoms with Gasteiger partial charge in [0.05, 0.1) is 10.7 Å². The molecule has 2 rings (SSSR count). The Labute approximate surface area is 111 Å². The molecule has 0 atom stereocenters. The van der Waals surface area contributed by atoms with Crippen molar-refractivity contribution in [1.29, 1.82) is 0 Å². The van der Waals surface area contributed by atoms with Crippen molar-refractivity contribution in [2.45, 2.75) is 37.6 Å². The van der Waals surface area contributed by atoms with Gasteiger partial charge in [-0.25, -0.2) is 4.39 Å². The third kappa shape index (κ3) is 3.21. The second-order valence-corrected chi connectivity index (χ2v) is 5.33. The maximum absolute atomic E-state index is 12.9. The molecular formula is C13H16ClFN2O. The van der Waals surface area contributed by atoms with E-state index in [2.05, 4.69) is 5.32 Å². The zero-order valence-electron chi connectivity index (χ0n) is 10.0. The molecular weight excluding hydrogens is 255 g/mol. The van der Waals surface area contributed by atoms with Crippen LogP contribution < -0.4 is 11.1 Å². The molecule has 0 aliphatic heterocycles. The summed E-state index contributed by atoms with van der Waals surface area (Å²) >= 11 is 5.84. The molecule has 0 bridgehead atoms. The first-order valence-electron chi connectivity index (χ1n) is 6.02. The van der Waals surface area contributed by atoms with E-state index in [1.165, 1.54) is 18.2 Å². The average molecular weight is 271 g/mol. The third-order valence-electron chi connectivity index (χ3n) is 3.32. The summed E-state index contributed by atoms with van der Waals surface area (Å²) in [5.41, 5.74) is 6.15. The first-order chi connectivity index (χ1) is 8.48. The maximum atomic E-state index is 12.9. The molecule has 98 valence electrons. The second kappa shape index (κ2) is 5.24. The molecule has 1 aliphatic carbocycles. The minimum absolute atomic E-state index is 0.173. The molecule has 0 spiro atoms. The lowest BCUT2D eigenvalue weighted by Gasteiger charge is -2.22. The smallest absolute Gasteiger partial charge is 0.226 e. The van der Waals surface area contributed by atoms with Crippen LogP contribution >= 0.6 is 11.6 Å². The quantitative estimate of drug-likeness (QED) is 0.887. The lowest BCUT2D eigenvalue weighted by atomic mass is 9.94. The van der Waals surface area contributed by atoms with Crippen molar-refractivity contribution in [2.75, 3.05) is 5.32 Å². The van der Waals surface area contributed by atoms with Crippen molar-refractivity contribution < 1.29 is 9.18 Å². The molecule has 0 radical (unpaired) electrons. The summed E-state index contributed by atoms with van der Waals surface area (Å²) < 4.78 is 12.9. The van der Waals surface area contributed by atoms with Crippen molar-refractivity contribution in [1.82, 2.24) is 0 Å². The van der Waals surface area contributed by atoms with Gasteiger partial charge in [-0.1, -0.05) is 24.4 Å². The monoisotopic (exact) mass is 270 g/mol. The van der Waals surface area contributed by atoms with Crippen LogP contribution in [0, 0.1) is 5.82 Å². The van der Waals surface area contributed by atoms with Crippen LogP contribution in [0.3, 0.4) is 0 Å². The van der Waals surface area contributed by atoms with Crippen LogP contribution in [0.5, 0.6) is 0 Å². The van der Waals surface area contributed by atoms with Gasteiger partial charge in [0.15, 0.2) is 0 Å². The molecule has 1 aliphatic rings. The summed E-state index contributed by atoms with van der Waals surface area (Å²) in [4.78, 5) is 11.9.